The largest absolute Gasteiger partial charge is 0.444 e. The zero-order valence-electron chi connectivity index (χ0n) is 15.0. The Morgan fingerprint density at radius 1 is 1.14 bits per heavy atom. The number of carbonyl (C=O) groups excluding carboxylic acids is 2. The quantitative estimate of drug-likeness (QED) is 0.635. The minimum atomic E-state index is -0.769. The first-order chi connectivity index (χ1) is 9.59. The van der Waals surface area contributed by atoms with Gasteiger partial charge in [0, 0.05) is 5.54 Å². The lowest BCUT2D eigenvalue weighted by molar-refractivity contribution is -0.124. The van der Waals surface area contributed by atoms with E-state index in [1.807, 2.05) is 20.8 Å². The molecule has 0 aliphatic carbocycles. The molecular weight excluding hydrogens is 415 g/mol. The Balaban J connectivity index is 4.86. The molecule has 1 unspecified atom stereocenters. The van der Waals surface area contributed by atoms with Crippen LogP contribution in [0.3, 0.4) is 0 Å². The molecule has 0 aromatic carbocycles. The molecule has 0 rings (SSSR count). The number of ether oxygens (including phenoxy) is 1. The third kappa shape index (κ3) is 12.4. The number of halogens is 1. The third-order valence-corrected chi connectivity index (χ3v) is 4.93. The lowest BCUT2D eigenvalue weighted by Crippen LogP contribution is -2.53. The van der Waals surface area contributed by atoms with Crippen molar-refractivity contribution in [2.45, 2.75) is 65.1 Å². The van der Waals surface area contributed by atoms with E-state index in [0.717, 1.165) is 5.75 Å². The van der Waals surface area contributed by atoms with E-state index in [4.69, 9.17) is 4.74 Å². The van der Waals surface area contributed by atoms with Gasteiger partial charge in [0.2, 0.25) is 5.91 Å². The first kappa shape index (κ1) is 21.8. The summed E-state index contributed by atoms with van der Waals surface area (Å²) in [7, 11) is -0.769. The average molecular weight is 446 g/mol. The van der Waals surface area contributed by atoms with Gasteiger partial charge in [-0.05, 0) is 87.4 Å². The first-order valence-corrected chi connectivity index (χ1v) is 12.5. The topological polar surface area (TPSA) is 67.4 Å². The van der Waals surface area contributed by atoms with Crippen LogP contribution in [0.4, 0.5) is 4.79 Å². The molecule has 0 aromatic rings. The Morgan fingerprint density at radius 3 is 2.00 bits per heavy atom. The second-order valence-corrected chi connectivity index (χ2v) is 18.2. The Morgan fingerprint density at radius 2 is 1.64 bits per heavy atom. The summed E-state index contributed by atoms with van der Waals surface area (Å²) in [6.45, 7) is 11.2. The van der Waals surface area contributed by atoms with Crippen LogP contribution in [0.15, 0.2) is 0 Å². The monoisotopic (exact) mass is 446 g/mol. The zero-order valence-corrected chi connectivity index (χ0v) is 18.0. The lowest BCUT2D eigenvalue weighted by Gasteiger charge is -2.29. The van der Waals surface area contributed by atoms with Crippen molar-refractivity contribution in [3.8, 4) is 0 Å². The maximum Gasteiger partial charge on any atom is 0.408 e. The van der Waals surface area contributed by atoms with Gasteiger partial charge in [-0.2, -0.15) is 7.20 Å². The van der Waals surface area contributed by atoms with Gasteiger partial charge in [-0.1, -0.05) is 0 Å². The van der Waals surface area contributed by atoms with E-state index in [1.165, 1.54) is 0 Å². The fourth-order valence-electron chi connectivity index (χ4n) is 1.57. The molecule has 0 fully saturated rings. The molecule has 0 heterocycles. The van der Waals surface area contributed by atoms with Crippen molar-refractivity contribution in [1.82, 2.24) is 10.6 Å². The van der Waals surface area contributed by atoms with E-state index in [9.17, 15) is 9.59 Å². The van der Waals surface area contributed by atoms with Gasteiger partial charge >= 0.3 is 6.09 Å². The summed E-state index contributed by atoms with van der Waals surface area (Å²) in [4.78, 5) is 24.4. The summed E-state index contributed by atoms with van der Waals surface area (Å²) in [6, 6.07) is -0.574. The summed E-state index contributed by atoms with van der Waals surface area (Å²) in [5.74, 6) is 0.726. The second-order valence-electron chi connectivity index (χ2n) is 7.83. The molecule has 2 N–H and O–H groups in total. The van der Waals surface area contributed by atoms with Crippen LogP contribution < -0.4 is 10.6 Å². The third-order valence-electron chi connectivity index (χ3n) is 2.40. The van der Waals surface area contributed by atoms with Crippen LogP contribution >= 0.6 is 28.4 Å². The Labute approximate surface area is 148 Å². The van der Waals surface area contributed by atoms with Crippen LogP contribution in [0.1, 0.15) is 48.0 Å². The van der Waals surface area contributed by atoms with Crippen molar-refractivity contribution < 1.29 is 14.3 Å². The van der Waals surface area contributed by atoms with E-state index >= 15 is 0 Å². The van der Waals surface area contributed by atoms with Crippen molar-refractivity contribution in [1.29, 1.82) is 0 Å². The number of alkyl carbamates (subject to hydrolysis) is 1. The molecule has 0 aliphatic rings. The number of hydrogen-bond acceptors (Lipinski definition) is 3. The maximum atomic E-state index is 12.4. The Kier molecular flexibility index (Phi) is 8.01. The molecule has 0 aliphatic heterocycles. The Hall–Kier alpha value is -0.180. The molecule has 0 saturated carbocycles. The molecule has 0 radical (unpaired) electrons. The predicted octanol–water partition coefficient (Wildman–Crippen LogP) is 3.60. The fraction of sp³-hybridized carbons (Fsp3) is 0.867. The molecule has 22 heavy (non-hydrogen) atoms. The van der Waals surface area contributed by atoms with E-state index in [0.29, 0.717) is 6.42 Å². The van der Waals surface area contributed by atoms with Crippen molar-refractivity contribution in [3.63, 3.8) is 0 Å². The molecule has 1 atom stereocenters. The summed E-state index contributed by atoms with van der Waals surface area (Å²) in [5.41, 5.74) is -0.916. The van der Waals surface area contributed by atoms with E-state index in [-0.39, 0.29) is 11.4 Å². The standard InChI is InChI=1S/C15H31IN2O3S/c1-14(2,3)18-12(19)11(9-10-22(7,8)16)17-13(20)21-15(4,5)6/h11H,9-10H2,1-8H3,(H,17,20)(H,18,19). The molecule has 5 nitrogen and oxygen atoms in total. The summed E-state index contributed by atoms with van der Waals surface area (Å²) >= 11 is 2.43. The molecule has 132 valence electrons. The smallest absolute Gasteiger partial charge is 0.408 e. The molecule has 0 aromatic heterocycles. The number of nitrogens with one attached hydrogen (secondary N) is 2. The van der Waals surface area contributed by atoms with Crippen molar-refractivity contribution in [3.05, 3.63) is 0 Å². The highest BCUT2D eigenvalue weighted by molar-refractivity contribution is 14.2. The van der Waals surface area contributed by atoms with Gasteiger partial charge in [-0.3, -0.25) is 4.79 Å². The van der Waals surface area contributed by atoms with Gasteiger partial charge in [0.15, 0.2) is 0 Å². The van der Waals surface area contributed by atoms with Crippen molar-refractivity contribution in [2.75, 3.05) is 18.3 Å². The molecule has 7 heteroatoms. The van der Waals surface area contributed by atoms with Crippen LogP contribution in [0.5, 0.6) is 0 Å². The van der Waals surface area contributed by atoms with Crippen LogP contribution in [0.2, 0.25) is 0 Å². The molecular formula is C15H31IN2O3S. The van der Waals surface area contributed by atoms with Crippen LogP contribution in [-0.2, 0) is 9.53 Å². The fourth-order valence-corrected chi connectivity index (χ4v) is 3.13. The summed E-state index contributed by atoms with van der Waals surface area (Å²) in [5, 5.41) is 5.63. The van der Waals surface area contributed by atoms with E-state index < -0.39 is 24.9 Å². The number of amides is 2. The minimum absolute atomic E-state index is 0.168. The van der Waals surface area contributed by atoms with Crippen LogP contribution in [0.25, 0.3) is 0 Å². The lowest BCUT2D eigenvalue weighted by atomic mass is 10.1. The predicted molar refractivity (Wildman–Crippen MR) is 104 cm³/mol. The second kappa shape index (κ2) is 8.08. The van der Waals surface area contributed by atoms with Gasteiger partial charge in [-0.15, -0.1) is 0 Å². The number of hydrogen-bond donors (Lipinski definition) is 2. The van der Waals surface area contributed by atoms with Crippen molar-refractivity contribution >= 4 is 40.4 Å². The highest BCUT2D eigenvalue weighted by atomic mass is 127. The number of rotatable bonds is 5. The van der Waals surface area contributed by atoms with Gasteiger partial charge in [0.05, 0.1) is 0 Å². The first-order valence-electron chi connectivity index (χ1n) is 7.31. The SMILES string of the molecule is CC(C)(C)NC(=O)C(CCS(C)(C)I)NC(=O)OC(C)(C)C. The van der Waals surface area contributed by atoms with Crippen molar-refractivity contribution in [2.24, 2.45) is 0 Å². The maximum absolute atomic E-state index is 12.4. The molecule has 0 spiro atoms. The average Bonchev–Trinajstić information content (AvgIpc) is 2.17. The minimum Gasteiger partial charge on any atom is -0.444 e. The van der Waals surface area contributed by atoms with Gasteiger partial charge in [0.1, 0.15) is 11.6 Å². The molecule has 0 bridgehead atoms. The normalized spacial score (nSPS) is 15.0. The number of carbonyl (C=O) groups is 2. The summed E-state index contributed by atoms with van der Waals surface area (Å²) in [6.07, 6.45) is 4.41. The van der Waals surface area contributed by atoms with Gasteiger partial charge in [0.25, 0.3) is 0 Å². The molecule has 0 saturated heterocycles. The van der Waals surface area contributed by atoms with Gasteiger partial charge in [-0.25, -0.2) is 4.79 Å². The highest BCUT2D eigenvalue weighted by Crippen LogP contribution is 2.49. The zero-order chi connectivity index (χ0) is 17.8. The van der Waals surface area contributed by atoms with Crippen LogP contribution in [-0.4, -0.2) is 47.4 Å². The van der Waals surface area contributed by atoms with E-state index in [1.54, 1.807) is 20.8 Å². The summed E-state index contributed by atoms with van der Waals surface area (Å²) < 4.78 is 5.26. The van der Waals surface area contributed by atoms with E-state index in [2.05, 4.69) is 44.4 Å². The van der Waals surface area contributed by atoms with Crippen LogP contribution in [0, 0.1) is 0 Å². The highest BCUT2D eigenvalue weighted by Gasteiger charge is 2.27. The molecule has 2 amide bonds. The Bertz CT molecular complexity index is 395. The van der Waals surface area contributed by atoms with Gasteiger partial charge < -0.3 is 15.4 Å².